The van der Waals surface area contributed by atoms with E-state index in [2.05, 4.69) is 0 Å². The lowest BCUT2D eigenvalue weighted by atomic mass is 9.87. The fourth-order valence-corrected chi connectivity index (χ4v) is 2.38. The summed E-state index contributed by atoms with van der Waals surface area (Å²) in [5.41, 5.74) is 0.112. The lowest BCUT2D eigenvalue weighted by Gasteiger charge is -2.20. The molecule has 3 heteroatoms. The van der Waals surface area contributed by atoms with E-state index in [1.165, 1.54) is 0 Å². The molecule has 2 atom stereocenters. The molecule has 1 saturated carbocycles. The topological polar surface area (TPSA) is 43.4 Å². The van der Waals surface area contributed by atoms with Crippen molar-refractivity contribution in [1.29, 1.82) is 0 Å². The Kier molecular flexibility index (Phi) is 3.62. The zero-order chi connectivity index (χ0) is 13.2. The lowest BCUT2D eigenvalue weighted by Crippen LogP contribution is -2.35. The molecule has 1 aliphatic carbocycles. The predicted octanol–water partition coefficient (Wildman–Crippen LogP) is 2.39. The van der Waals surface area contributed by atoms with E-state index in [1.807, 2.05) is 37.3 Å². The summed E-state index contributed by atoms with van der Waals surface area (Å²) in [6.45, 7) is 4.13. The Labute approximate surface area is 107 Å². The van der Waals surface area contributed by atoms with Gasteiger partial charge in [-0.25, -0.2) is 0 Å². The number of carbonyl (C=O) groups is 2. The summed E-state index contributed by atoms with van der Waals surface area (Å²) in [5, 5.41) is 0. The lowest BCUT2D eigenvalue weighted by molar-refractivity contribution is -0.138. The Morgan fingerprint density at radius 1 is 1.28 bits per heavy atom. The SMILES string of the molecule is C[C@H]1CC(=O)[C@@](C)(COCc2ccccc2)C1=O. The highest BCUT2D eigenvalue weighted by Gasteiger charge is 2.49. The summed E-state index contributed by atoms with van der Waals surface area (Å²) in [6.07, 6.45) is 0.351. The number of hydrogen-bond acceptors (Lipinski definition) is 3. The minimum atomic E-state index is -0.936. The van der Waals surface area contributed by atoms with Crippen molar-refractivity contribution in [2.24, 2.45) is 11.3 Å². The Hall–Kier alpha value is -1.48. The van der Waals surface area contributed by atoms with Crippen LogP contribution in [-0.4, -0.2) is 18.2 Å². The van der Waals surface area contributed by atoms with Gasteiger partial charge < -0.3 is 4.74 Å². The molecule has 0 spiro atoms. The van der Waals surface area contributed by atoms with Crippen LogP contribution in [0.2, 0.25) is 0 Å². The van der Waals surface area contributed by atoms with Crippen LogP contribution in [-0.2, 0) is 20.9 Å². The molecule has 18 heavy (non-hydrogen) atoms. The fraction of sp³-hybridized carbons (Fsp3) is 0.467. The molecule has 0 unspecified atom stereocenters. The van der Waals surface area contributed by atoms with Gasteiger partial charge in [-0.1, -0.05) is 37.3 Å². The largest absolute Gasteiger partial charge is 0.375 e. The monoisotopic (exact) mass is 246 g/mol. The Bertz CT molecular complexity index is 452. The fourth-order valence-electron chi connectivity index (χ4n) is 2.38. The molecule has 2 rings (SSSR count). The van der Waals surface area contributed by atoms with Crippen molar-refractivity contribution in [1.82, 2.24) is 0 Å². The third-order valence-corrected chi connectivity index (χ3v) is 3.60. The van der Waals surface area contributed by atoms with E-state index in [9.17, 15) is 9.59 Å². The molecule has 0 radical (unpaired) electrons. The number of carbonyl (C=O) groups excluding carboxylic acids is 2. The smallest absolute Gasteiger partial charge is 0.151 e. The second-order valence-electron chi connectivity index (χ2n) is 5.20. The molecule has 0 heterocycles. The first-order valence-electron chi connectivity index (χ1n) is 6.23. The van der Waals surface area contributed by atoms with Crippen LogP contribution in [0.15, 0.2) is 30.3 Å². The zero-order valence-corrected chi connectivity index (χ0v) is 10.8. The minimum Gasteiger partial charge on any atom is -0.375 e. The average molecular weight is 246 g/mol. The van der Waals surface area contributed by atoms with Gasteiger partial charge in [0.1, 0.15) is 11.2 Å². The maximum atomic E-state index is 12.0. The summed E-state index contributed by atoms with van der Waals surface area (Å²) >= 11 is 0. The summed E-state index contributed by atoms with van der Waals surface area (Å²) in [6, 6.07) is 9.74. The van der Waals surface area contributed by atoms with Crippen LogP contribution in [0.25, 0.3) is 0 Å². The van der Waals surface area contributed by atoms with E-state index in [0.29, 0.717) is 13.0 Å². The van der Waals surface area contributed by atoms with Crippen LogP contribution >= 0.6 is 0 Å². The van der Waals surface area contributed by atoms with Gasteiger partial charge in [0.2, 0.25) is 0 Å². The van der Waals surface area contributed by atoms with Crippen molar-refractivity contribution >= 4 is 11.6 Å². The van der Waals surface area contributed by atoms with E-state index >= 15 is 0 Å². The molecule has 1 aliphatic rings. The molecule has 1 fully saturated rings. The molecule has 3 nitrogen and oxygen atoms in total. The second-order valence-corrected chi connectivity index (χ2v) is 5.20. The Morgan fingerprint density at radius 3 is 2.50 bits per heavy atom. The Balaban J connectivity index is 1.94. The molecular weight excluding hydrogens is 228 g/mol. The van der Waals surface area contributed by atoms with Gasteiger partial charge in [-0.2, -0.15) is 0 Å². The highest BCUT2D eigenvalue weighted by Crippen LogP contribution is 2.35. The third kappa shape index (κ3) is 2.36. The number of benzene rings is 1. The number of hydrogen-bond donors (Lipinski definition) is 0. The normalized spacial score (nSPS) is 27.8. The van der Waals surface area contributed by atoms with Gasteiger partial charge >= 0.3 is 0 Å². The third-order valence-electron chi connectivity index (χ3n) is 3.60. The van der Waals surface area contributed by atoms with Crippen molar-refractivity contribution in [2.75, 3.05) is 6.61 Å². The minimum absolute atomic E-state index is 0.00746. The van der Waals surface area contributed by atoms with Crippen molar-refractivity contribution < 1.29 is 14.3 Å². The molecular formula is C15H18O3. The molecule has 0 amide bonds. The molecule has 0 aliphatic heterocycles. The first kappa shape index (κ1) is 13.0. The number of Topliss-reactive ketones (excluding diaryl/α,β-unsaturated/α-hetero) is 2. The van der Waals surface area contributed by atoms with Crippen LogP contribution in [0.4, 0.5) is 0 Å². The van der Waals surface area contributed by atoms with Gasteiger partial charge in [-0.3, -0.25) is 9.59 Å². The molecule has 0 saturated heterocycles. The first-order valence-corrected chi connectivity index (χ1v) is 6.23. The van der Waals surface area contributed by atoms with E-state index < -0.39 is 5.41 Å². The predicted molar refractivity (Wildman–Crippen MR) is 68.0 cm³/mol. The van der Waals surface area contributed by atoms with Crippen molar-refractivity contribution in [3.63, 3.8) is 0 Å². The van der Waals surface area contributed by atoms with E-state index in [4.69, 9.17) is 4.74 Å². The number of rotatable bonds is 4. The second kappa shape index (κ2) is 5.02. The van der Waals surface area contributed by atoms with E-state index in [1.54, 1.807) is 6.92 Å². The van der Waals surface area contributed by atoms with Gasteiger partial charge in [0.05, 0.1) is 13.2 Å². The molecule has 0 N–H and O–H groups in total. The maximum Gasteiger partial charge on any atom is 0.151 e. The summed E-state index contributed by atoms with van der Waals surface area (Å²) in [5.74, 6) is -0.142. The summed E-state index contributed by atoms with van der Waals surface area (Å²) in [4.78, 5) is 23.8. The van der Waals surface area contributed by atoms with E-state index in [0.717, 1.165) is 5.56 Å². The van der Waals surface area contributed by atoms with Gasteiger partial charge in [0.25, 0.3) is 0 Å². The van der Waals surface area contributed by atoms with Crippen LogP contribution in [0, 0.1) is 11.3 Å². The highest BCUT2D eigenvalue weighted by molar-refractivity contribution is 6.13. The average Bonchev–Trinajstić information content (AvgIpc) is 2.55. The standard InChI is InChI=1S/C15H18O3/c1-11-8-13(16)15(2,14(11)17)10-18-9-12-6-4-3-5-7-12/h3-7,11H,8-10H2,1-2H3/t11-,15+/m0/s1. The molecule has 1 aromatic carbocycles. The van der Waals surface area contributed by atoms with Gasteiger partial charge in [-0.15, -0.1) is 0 Å². The molecule has 0 bridgehead atoms. The number of ketones is 2. The number of ether oxygens (including phenoxy) is 1. The molecule has 1 aromatic rings. The highest BCUT2D eigenvalue weighted by atomic mass is 16.5. The summed E-state index contributed by atoms with van der Waals surface area (Å²) < 4.78 is 5.55. The first-order chi connectivity index (χ1) is 8.54. The van der Waals surface area contributed by atoms with Gasteiger partial charge in [0, 0.05) is 12.3 Å². The van der Waals surface area contributed by atoms with Crippen LogP contribution in [0.3, 0.4) is 0 Å². The van der Waals surface area contributed by atoms with Crippen LogP contribution in [0.5, 0.6) is 0 Å². The van der Waals surface area contributed by atoms with Gasteiger partial charge in [0.15, 0.2) is 5.78 Å². The van der Waals surface area contributed by atoms with Crippen LogP contribution in [0.1, 0.15) is 25.8 Å². The molecule has 0 aromatic heterocycles. The van der Waals surface area contributed by atoms with Crippen molar-refractivity contribution in [3.8, 4) is 0 Å². The Morgan fingerprint density at radius 2 is 1.94 bits per heavy atom. The van der Waals surface area contributed by atoms with Gasteiger partial charge in [-0.05, 0) is 12.5 Å². The van der Waals surface area contributed by atoms with Crippen molar-refractivity contribution in [2.45, 2.75) is 26.9 Å². The summed E-state index contributed by atoms with van der Waals surface area (Å²) in [7, 11) is 0. The van der Waals surface area contributed by atoms with E-state index in [-0.39, 0.29) is 24.1 Å². The molecule has 96 valence electrons. The van der Waals surface area contributed by atoms with Crippen LogP contribution < -0.4 is 0 Å². The maximum absolute atomic E-state index is 12.0. The zero-order valence-electron chi connectivity index (χ0n) is 10.8. The quantitative estimate of drug-likeness (QED) is 0.766. The van der Waals surface area contributed by atoms with Crippen molar-refractivity contribution in [3.05, 3.63) is 35.9 Å².